The number of hydrogen-bond donors (Lipinski definition) is 9. The van der Waals surface area contributed by atoms with Crippen LogP contribution in [0.1, 0.15) is 36.2 Å². The minimum atomic E-state index is -1.79. The molecule has 0 aromatic heterocycles. The number of aliphatic hydroxyl groups excluding tert-OH is 6. The van der Waals surface area contributed by atoms with Crippen LogP contribution < -0.4 is 9.47 Å². The molecule has 0 amide bonds. The van der Waals surface area contributed by atoms with E-state index in [1.54, 1.807) is 19.1 Å². The van der Waals surface area contributed by atoms with Gasteiger partial charge in [-0.25, -0.2) is 0 Å². The van der Waals surface area contributed by atoms with Crippen molar-refractivity contribution >= 4 is 5.78 Å². The van der Waals surface area contributed by atoms with E-state index in [1.165, 1.54) is 13.0 Å². The van der Waals surface area contributed by atoms with Gasteiger partial charge in [0, 0.05) is 18.6 Å². The van der Waals surface area contributed by atoms with Gasteiger partial charge in [0.2, 0.25) is 6.29 Å². The largest absolute Gasteiger partial charge is 0.507 e. The first-order chi connectivity index (χ1) is 20.9. The summed E-state index contributed by atoms with van der Waals surface area (Å²) in [7, 11) is 0. The van der Waals surface area contributed by atoms with Crippen LogP contribution in [0.2, 0.25) is 0 Å². The Balaban J connectivity index is 1.51. The van der Waals surface area contributed by atoms with Gasteiger partial charge in [0.05, 0.1) is 19.3 Å². The summed E-state index contributed by atoms with van der Waals surface area (Å²) in [4.78, 5) is 12.9. The van der Waals surface area contributed by atoms with Gasteiger partial charge in [0.15, 0.2) is 29.7 Å². The van der Waals surface area contributed by atoms with Crippen molar-refractivity contribution in [3.8, 4) is 28.7 Å². The van der Waals surface area contributed by atoms with Crippen LogP contribution in [-0.2, 0) is 20.6 Å². The first-order valence-corrected chi connectivity index (χ1v) is 14.0. The number of aryl methyl sites for hydroxylation is 1. The van der Waals surface area contributed by atoms with Gasteiger partial charge in [0.1, 0.15) is 59.4 Å². The number of Topliss-reactive ketones (excluding diaryl/α,β-unsaturated/α-hetero) is 1. The molecular weight excluding hydrogens is 588 g/mol. The molecule has 0 spiro atoms. The number of aromatic hydroxyl groups is 3. The van der Waals surface area contributed by atoms with Gasteiger partial charge in [-0.3, -0.25) is 4.79 Å². The number of benzene rings is 2. The van der Waals surface area contributed by atoms with E-state index < -0.39 is 85.3 Å². The number of aliphatic hydroxyl groups is 6. The molecule has 244 valence electrons. The van der Waals surface area contributed by atoms with Crippen molar-refractivity contribution in [1.29, 1.82) is 0 Å². The van der Waals surface area contributed by atoms with Gasteiger partial charge in [-0.1, -0.05) is 6.07 Å². The van der Waals surface area contributed by atoms with Crippen molar-refractivity contribution in [2.75, 3.05) is 13.2 Å². The molecule has 0 radical (unpaired) electrons. The highest BCUT2D eigenvalue weighted by molar-refractivity contribution is 6.01. The molecular formula is C29H38O15. The van der Waals surface area contributed by atoms with E-state index in [0.29, 0.717) is 12.2 Å². The fourth-order valence-electron chi connectivity index (χ4n) is 5.02. The van der Waals surface area contributed by atoms with E-state index >= 15 is 0 Å². The van der Waals surface area contributed by atoms with E-state index in [0.717, 1.165) is 12.1 Å². The molecule has 4 rings (SSSR count). The lowest BCUT2D eigenvalue weighted by Crippen LogP contribution is -2.64. The molecule has 0 saturated carbocycles. The van der Waals surface area contributed by atoms with E-state index in [9.17, 15) is 50.8 Å². The maximum Gasteiger partial charge on any atom is 0.229 e. The highest BCUT2D eigenvalue weighted by Crippen LogP contribution is 2.37. The zero-order valence-corrected chi connectivity index (χ0v) is 24.0. The van der Waals surface area contributed by atoms with Crippen LogP contribution in [-0.4, -0.2) is 126 Å². The van der Waals surface area contributed by atoms with E-state index in [-0.39, 0.29) is 35.7 Å². The molecule has 0 aliphatic carbocycles. The number of phenolic OH excluding ortho intramolecular Hbond substituents is 3. The van der Waals surface area contributed by atoms with Crippen molar-refractivity contribution in [2.45, 2.75) is 88.1 Å². The van der Waals surface area contributed by atoms with Crippen molar-refractivity contribution in [2.24, 2.45) is 0 Å². The van der Waals surface area contributed by atoms with Gasteiger partial charge in [-0.15, -0.1) is 0 Å². The predicted octanol–water partition coefficient (Wildman–Crippen LogP) is -0.952. The molecule has 15 nitrogen and oxygen atoms in total. The topological polar surface area (TPSA) is 245 Å². The van der Waals surface area contributed by atoms with Gasteiger partial charge in [-0.2, -0.15) is 0 Å². The molecule has 10 unspecified atom stereocenters. The third kappa shape index (κ3) is 7.17. The second-order valence-electron chi connectivity index (χ2n) is 10.6. The Morgan fingerprint density at radius 3 is 2.16 bits per heavy atom. The third-order valence-corrected chi connectivity index (χ3v) is 7.49. The molecule has 10 atom stereocenters. The van der Waals surface area contributed by atoms with Crippen molar-refractivity contribution in [3.05, 3.63) is 41.5 Å². The monoisotopic (exact) mass is 626 g/mol. The summed E-state index contributed by atoms with van der Waals surface area (Å²) in [5.74, 6) is -1.95. The van der Waals surface area contributed by atoms with Crippen molar-refractivity contribution in [1.82, 2.24) is 0 Å². The zero-order chi connectivity index (χ0) is 32.3. The minimum Gasteiger partial charge on any atom is -0.507 e. The summed E-state index contributed by atoms with van der Waals surface area (Å²) in [6, 6.07) is 6.62. The second kappa shape index (κ2) is 14.2. The maximum atomic E-state index is 12.9. The second-order valence-corrected chi connectivity index (χ2v) is 10.6. The Bertz CT molecular complexity index is 1260. The molecule has 0 bridgehead atoms. The van der Waals surface area contributed by atoms with E-state index in [1.807, 2.05) is 0 Å². The minimum absolute atomic E-state index is 0.0527. The Labute approximate surface area is 252 Å². The molecule has 2 saturated heterocycles. The summed E-state index contributed by atoms with van der Waals surface area (Å²) < 4.78 is 27.6. The van der Waals surface area contributed by atoms with Crippen molar-refractivity contribution < 1.29 is 74.4 Å². The van der Waals surface area contributed by atoms with Crippen LogP contribution in [0, 0.1) is 0 Å². The number of carbonyl (C=O) groups is 1. The molecule has 2 aliphatic heterocycles. The fraction of sp³-hybridized carbons (Fsp3) is 0.552. The normalized spacial score (nSPS) is 32.3. The Hall–Kier alpha value is -3.25. The number of phenols is 3. The summed E-state index contributed by atoms with van der Waals surface area (Å²) in [5.41, 5.74) is 0.282. The number of ketones is 1. The quantitative estimate of drug-likeness (QED) is 0.136. The molecule has 2 heterocycles. The Morgan fingerprint density at radius 2 is 1.52 bits per heavy atom. The Morgan fingerprint density at radius 1 is 0.841 bits per heavy atom. The van der Waals surface area contributed by atoms with Gasteiger partial charge in [0.25, 0.3) is 0 Å². The van der Waals surface area contributed by atoms with Crippen molar-refractivity contribution in [3.63, 3.8) is 0 Å². The predicted molar refractivity (Wildman–Crippen MR) is 147 cm³/mol. The number of rotatable bonds is 11. The average Bonchev–Trinajstić information content (AvgIpc) is 2.98. The summed E-state index contributed by atoms with van der Waals surface area (Å²) >= 11 is 0. The molecule has 9 N–H and O–H groups in total. The van der Waals surface area contributed by atoms with E-state index in [4.69, 9.17) is 23.7 Å². The molecule has 2 aromatic carbocycles. The number of carbonyl (C=O) groups excluding carboxylic acids is 1. The van der Waals surface area contributed by atoms with Crippen LogP contribution in [0.4, 0.5) is 0 Å². The molecule has 2 fully saturated rings. The van der Waals surface area contributed by atoms with Gasteiger partial charge < -0.3 is 69.6 Å². The standard InChI is InChI=1S/C29H38O15/c1-3-40-19-8-13(4-6-15(19)31)5-7-16(32)21-17(33)9-14(10-18(21)34)42-29-27(25(38)23(36)20(11-30)43-29)44-28-26(39)24(37)22(35)12(2)41-28/h4,6,8-10,12,20,22-31,33-39H,3,5,7,11H2,1-2H3. The lowest BCUT2D eigenvalue weighted by atomic mass is 9.97. The van der Waals surface area contributed by atoms with Gasteiger partial charge in [-0.05, 0) is 38.0 Å². The average molecular weight is 627 g/mol. The molecule has 15 heteroatoms. The number of ether oxygens (including phenoxy) is 5. The highest BCUT2D eigenvalue weighted by Gasteiger charge is 2.51. The first kappa shape index (κ1) is 33.6. The Kier molecular flexibility index (Phi) is 10.9. The third-order valence-electron chi connectivity index (χ3n) is 7.49. The zero-order valence-electron chi connectivity index (χ0n) is 24.0. The van der Waals surface area contributed by atoms with Crippen LogP contribution >= 0.6 is 0 Å². The summed E-state index contributed by atoms with van der Waals surface area (Å²) in [6.45, 7) is 2.75. The fourth-order valence-corrected chi connectivity index (χ4v) is 5.02. The lowest BCUT2D eigenvalue weighted by molar-refractivity contribution is -0.354. The van der Waals surface area contributed by atoms with Crippen LogP contribution in [0.5, 0.6) is 28.7 Å². The first-order valence-electron chi connectivity index (χ1n) is 14.0. The van der Waals surface area contributed by atoms with Crippen LogP contribution in [0.25, 0.3) is 0 Å². The highest BCUT2D eigenvalue weighted by atomic mass is 16.8. The van der Waals surface area contributed by atoms with Crippen LogP contribution in [0.3, 0.4) is 0 Å². The van der Waals surface area contributed by atoms with Crippen LogP contribution in [0.15, 0.2) is 30.3 Å². The maximum absolute atomic E-state index is 12.9. The lowest BCUT2D eigenvalue weighted by Gasteiger charge is -2.45. The summed E-state index contributed by atoms with van der Waals surface area (Å²) in [6.07, 6.45) is -15.5. The number of hydrogen-bond acceptors (Lipinski definition) is 15. The SMILES string of the molecule is CCOc1cc(CCC(=O)c2c(O)cc(OC3OC(CO)C(O)C(O)C3OC3OC(C)C(O)C(O)C3O)cc2O)ccc1O. The summed E-state index contributed by atoms with van der Waals surface area (Å²) in [5, 5.41) is 92.4. The van der Waals surface area contributed by atoms with E-state index in [2.05, 4.69) is 0 Å². The molecule has 2 aromatic rings. The molecule has 2 aliphatic rings. The molecule has 44 heavy (non-hydrogen) atoms. The smallest absolute Gasteiger partial charge is 0.229 e. The van der Waals surface area contributed by atoms with Gasteiger partial charge >= 0.3 is 0 Å².